The van der Waals surface area contributed by atoms with Gasteiger partial charge in [-0.1, -0.05) is 18.2 Å². The second-order valence-electron chi connectivity index (χ2n) is 5.57. The summed E-state index contributed by atoms with van der Waals surface area (Å²) in [5.74, 6) is 0.773. The highest BCUT2D eigenvalue weighted by molar-refractivity contribution is 7.14. The zero-order valence-corrected chi connectivity index (χ0v) is 14.8. The topological polar surface area (TPSA) is 64.1 Å². The van der Waals surface area contributed by atoms with Gasteiger partial charge in [-0.2, -0.15) is 0 Å². The van der Waals surface area contributed by atoms with Gasteiger partial charge >= 0.3 is 0 Å². The van der Waals surface area contributed by atoms with Gasteiger partial charge in [-0.15, -0.1) is 11.3 Å². The number of hydrogen-bond acceptors (Lipinski definition) is 5. The number of rotatable bonds is 7. The van der Waals surface area contributed by atoms with E-state index in [1.807, 2.05) is 54.8 Å². The summed E-state index contributed by atoms with van der Waals surface area (Å²) in [5.41, 5.74) is 2.72. The lowest BCUT2D eigenvalue weighted by Gasteiger charge is -2.06. The molecular weight excluding hydrogens is 334 g/mol. The summed E-state index contributed by atoms with van der Waals surface area (Å²) in [5, 5.41) is 5.30. The van der Waals surface area contributed by atoms with Crippen LogP contribution in [0.3, 0.4) is 0 Å². The van der Waals surface area contributed by atoms with E-state index in [4.69, 9.17) is 4.74 Å². The number of aryl methyl sites for hydroxylation is 1. The second-order valence-corrected chi connectivity index (χ2v) is 6.43. The fraction of sp³-hybridized carbons (Fsp3) is 0.211. The van der Waals surface area contributed by atoms with Crippen LogP contribution in [0.5, 0.6) is 5.75 Å². The summed E-state index contributed by atoms with van der Waals surface area (Å²) >= 11 is 1.40. The number of aromatic nitrogens is 2. The molecular formula is C19H19N3O2S. The van der Waals surface area contributed by atoms with Crippen molar-refractivity contribution < 1.29 is 9.53 Å². The molecule has 3 rings (SSSR count). The Morgan fingerprint density at radius 1 is 1.20 bits per heavy atom. The molecule has 0 aliphatic carbocycles. The molecule has 25 heavy (non-hydrogen) atoms. The average Bonchev–Trinajstić information content (AvgIpc) is 3.08. The number of benzene rings is 1. The standard InChI is InChI=1S/C19H19N3O2S/c1-14-6-4-7-15(12-14)24-11-5-9-18(23)22-19-21-17(13-25-19)16-8-2-3-10-20-16/h2-4,6-8,10,12-13H,5,9,11H2,1H3,(H,21,22,23). The monoisotopic (exact) mass is 353 g/mol. The second kappa shape index (κ2) is 8.39. The SMILES string of the molecule is Cc1cccc(OCCCC(=O)Nc2nc(-c3ccccn3)cs2)c1. The van der Waals surface area contributed by atoms with Gasteiger partial charge in [-0.3, -0.25) is 9.78 Å². The zero-order chi connectivity index (χ0) is 17.5. The van der Waals surface area contributed by atoms with Crippen LogP contribution in [0.25, 0.3) is 11.4 Å². The quantitative estimate of drug-likeness (QED) is 0.643. The highest BCUT2D eigenvalue weighted by Gasteiger charge is 2.08. The Morgan fingerprint density at radius 3 is 2.92 bits per heavy atom. The molecule has 6 heteroatoms. The molecule has 1 aromatic carbocycles. The van der Waals surface area contributed by atoms with E-state index >= 15 is 0 Å². The molecule has 0 bridgehead atoms. The lowest BCUT2D eigenvalue weighted by atomic mass is 10.2. The predicted octanol–water partition coefficient (Wildman–Crippen LogP) is 4.31. The highest BCUT2D eigenvalue weighted by Crippen LogP contribution is 2.23. The van der Waals surface area contributed by atoms with E-state index < -0.39 is 0 Å². The summed E-state index contributed by atoms with van der Waals surface area (Å²) in [6.07, 6.45) is 2.77. The van der Waals surface area contributed by atoms with Crippen molar-refractivity contribution in [1.29, 1.82) is 0 Å². The smallest absolute Gasteiger partial charge is 0.226 e. The van der Waals surface area contributed by atoms with Crippen LogP contribution in [-0.2, 0) is 4.79 Å². The van der Waals surface area contributed by atoms with E-state index in [1.54, 1.807) is 6.20 Å². The van der Waals surface area contributed by atoms with E-state index in [9.17, 15) is 4.79 Å². The number of thiazole rings is 1. The largest absolute Gasteiger partial charge is 0.494 e. The summed E-state index contributed by atoms with van der Waals surface area (Å²) in [7, 11) is 0. The van der Waals surface area contributed by atoms with Crippen LogP contribution in [0.4, 0.5) is 5.13 Å². The third-order valence-corrected chi connectivity index (χ3v) is 4.24. The van der Waals surface area contributed by atoms with Gasteiger partial charge in [-0.25, -0.2) is 4.98 Å². The molecule has 1 amide bonds. The summed E-state index contributed by atoms with van der Waals surface area (Å²) in [6.45, 7) is 2.53. The van der Waals surface area contributed by atoms with Crippen molar-refractivity contribution in [2.24, 2.45) is 0 Å². The molecule has 2 heterocycles. The molecule has 0 atom stereocenters. The number of ether oxygens (including phenoxy) is 1. The molecule has 5 nitrogen and oxygen atoms in total. The zero-order valence-electron chi connectivity index (χ0n) is 13.9. The third kappa shape index (κ3) is 5.12. The van der Waals surface area contributed by atoms with Gasteiger partial charge < -0.3 is 10.1 Å². The van der Waals surface area contributed by atoms with Gasteiger partial charge in [0.1, 0.15) is 11.4 Å². The van der Waals surface area contributed by atoms with Crippen LogP contribution in [0.15, 0.2) is 54.0 Å². The Bertz CT molecular complexity index is 833. The Hall–Kier alpha value is -2.73. The lowest BCUT2D eigenvalue weighted by Crippen LogP contribution is -2.12. The molecule has 3 aromatic rings. The van der Waals surface area contributed by atoms with Crippen LogP contribution in [0, 0.1) is 6.92 Å². The minimum absolute atomic E-state index is 0.0604. The van der Waals surface area contributed by atoms with Crippen molar-refractivity contribution in [3.8, 4) is 17.1 Å². The van der Waals surface area contributed by atoms with Crippen molar-refractivity contribution in [2.75, 3.05) is 11.9 Å². The Balaban J connectivity index is 1.43. The van der Waals surface area contributed by atoms with Crippen LogP contribution in [-0.4, -0.2) is 22.5 Å². The molecule has 0 unspecified atom stereocenters. The van der Waals surface area contributed by atoms with Gasteiger partial charge in [-0.05, 0) is 43.2 Å². The fourth-order valence-corrected chi connectivity index (χ4v) is 2.99. The molecule has 0 aliphatic rings. The maximum Gasteiger partial charge on any atom is 0.226 e. The van der Waals surface area contributed by atoms with Crippen LogP contribution >= 0.6 is 11.3 Å². The summed E-state index contributed by atoms with van der Waals surface area (Å²) in [6, 6.07) is 13.5. The summed E-state index contributed by atoms with van der Waals surface area (Å²) < 4.78 is 5.65. The number of nitrogens with zero attached hydrogens (tertiary/aromatic N) is 2. The van der Waals surface area contributed by atoms with Crippen molar-refractivity contribution in [1.82, 2.24) is 9.97 Å². The Kier molecular flexibility index (Phi) is 5.74. The molecule has 128 valence electrons. The van der Waals surface area contributed by atoms with Crippen molar-refractivity contribution in [3.05, 3.63) is 59.6 Å². The van der Waals surface area contributed by atoms with E-state index in [-0.39, 0.29) is 5.91 Å². The fourth-order valence-electron chi connectivity index (χ4n) is 2.27. The minimum Gasteiger partial charge on any atom is -0.494 e. The van der Waals surface area contributed by atoms with Gasteiger partial charge in [0.25, 0.3) is 0 Å². The molecule has 0 aliphatic heterocycles. The van der Waals surface area contributed by atoms with Crippen molar-refractivity contribution in [2.45, 2.75) is 19.8 Å². The Labute approximate surface area is 150 Å². The maximum absolute atomic E-state index is 12.0. The van der Waals surface area contributed by atoms with Crippen LogP contribution in [0.1, 0.15) is 18.4 Å². The third-order valence-electron chi connectivity index (χ3n) is 3.48. The molecule has 0 saturated heterocycles. The van der Waals surface area contributed by atoms with Gasteiger partial charge in [0.05, 0.1) is 12.3 Å². The molecule has 0 spiro atoms. The number of pyridine rings is 1. The predicted molar refractivity (Wildman–Crippen MR) is 99.9 cm³/mol. The van der Waals surface area contributed by atoms with Gasteiger partial charge in [0, 0.05) is 18.0 Å². The lowest BCUT2D eigenvalue weighted by molar-refractivity contribution is -0.116. The first-order valence-corrected chi connectivity index (χ1v) is 8.95. The first-order valence-electron chi connectivity index (χ1n) is 8.07. The number of carbonyl (C=O) groups is 1. The first-order chi connectivity index (χ1) is 12.2. The number of hydrogen-bond donors (Lipinski definition) is 1. The number of nitrogens with one attached hydrogen (secondary N) is 1. The average molecular weight is 353 g/mol. The van der Waals surface area contributed by atoms with Gasteiger partial charge in [0.2, 0.25) is 5.91 Å². The van der Waals surface area contributed by atoms with Gasteiger partial charge in [0.15, 0.2) is 5.13 Å². The first kappa shape index (κ1) is 17.1. The van der Waals surface area contributed by atoms with E-state index in [0.717, 1.165) is 22.7 Å². The normalized spacial score (nSPS) is 10.4. The van der Waals surface area contributed by atoms with E-state index in [0.29, 0.717) is 24.6 Å². The Morgan fingerprint density at radius 2 is 2.12 bits per heavy atom. The molecule has 0 saturated carbocycles. The summed E-state index contributed by atoms with van der Waals surface area (Å²) in [4.78, 5) is 20.7. The molecule has 1 N–H and O–H groups in total. The highest BCUT2D eigenvalue weighted by atomic mass is 32.1. The molecule has 0 radical (unpaired) electrons. The minimum atomic E-state index is -0.0604. The van der Waals surface area contributed by atoms with E-state index in [2.05, 4.69) is 15.3 Å². The van der Waals surface area contributed by atoms with Crippen LogP contribution < -0.4 is 10.1 Å². The number of amides is 1. The number of carbonyl (C=O) groups excluding carboxylic acids is 1. The molecule has 0 fully saturated rings. The van der Waals surface area contributed by atoms with Crippen LogP contribution in [0.2, 0.25) is 0 Å². The van der Waals surface area contributed by atoms with E-state index in [1.165, 1.54) is 11.3 Å². The number of anilines is 1. The molecule has 2 aromatic heterocycles. The van der Waals surface area contributed by atoms with Crippen molar-refractivity contribution >= 4 is 22.4 Å². The van der Waals surface area contributed by atoms with Crippen molar-refractivity contribution in [3.63, 3.8) is 0 Å². The maximum atomic E-state index is 12.0.